The summed E-state index contributed by atoms with van der Waals surface area (Å²) in [4.78, 5) is 18.8. The molecule has 64 valence electrons. The van der Waals surface area contributed by atoms with Gasteiger partial charge >= 0.3 is 44.8 Å². The summed E-state index contributed by atoms with van der Waals surface area (Å²) in [5.74, 6) is -3.09. The van der Waals surface area contributed by atoms with Gasteiger partial charge < -0.3 is 19.8 Å². The third-order valence-electron chi connectivity index (χ3n) is 0.355. The molecule has 0 aromatic rings. The van der Waals surface area contributed by atoms with Crippen LogP contribution in [-0.4, -0.2) is 11.9 Å². The normalized spacial score (nSPS) is 7.60. The van der Waals surface area contributed by atoms with Crippen molar-refractivity contribution in [3.8, 4) is 0 Å². The molecule has 0 bridgehead atoms. The molecule has 0 N–H and O–H groups in total. The predicted octanol–water partition coefficient (Wildman–Crippen LogP) is -2.96. The van der Waals surface area contributed by atoms with Gasteiger partial charge in [-0.1, -0.05) is 0 Å². The van der Waals surface area contributed by atoms with Gasteiger partial charge in [0.25, 0.3) is 0 Å². The van der Waals surface area contributed by atoms with Crippen molar-refractivity contribution in [1.29, 1.82) is 0 Å². The molecule has 0 aliphatic rings. The van der Waals surface area contributed by atoms with E-state index in [1.54, 1.807) is 0 Å². The van der Waals surface area contributed by atoms with Crippen molar-refractivity contribution in [3.05, 3.63) is 12.2 Å². The Morgan fingerprint density at radius 2 is 1.10 bits per heavy atom. The first-order valence-corrected chi connectivity index (χ1v) is 1.73. The molecule has 0 rings (SSSR count). The van der Waals surface area contributed by atoms with Crippen molar-refractivity contribution in [2.75, 3.05) is 0 Å². The largest absolute Gasteiger partial charge is 1.00 e. The summed E-state index contributed by atoms with van der Waals surface area (Å²) in [5, 5.41) is 18.8. The Balaban J connectivity index is -0.000000245. The zero-order chi connectivity index (χ0) is 6.57. The third-order valence-corrected chi connectivity index (χ3v) is 0.355. The fraction of sp³-hybridized carbons (Fsp3) is 0. The number of carbonyl (C=O) groups is 2. The van der Waals surface area contributed by atoms with Crippen LogP contribution in [-0.2, 0) is 54.3 Å². The van der Waals surface area contributed by atoms with Gasteiger partial charge in [0.15, 0.2) is 0 Å². The van der Waals surface area contributed by atoms with E-state index in [-0.39, 0.29) is 44.8 Å². The van der Waals surface area contributed by atoms with Gasteiger partial charge in [-0.2, -0.15) is 0 Å². The van der Waals surface area contributed by atoms with Crippen LogP contribution in [0.5, 0.6) is 0 Å². The molecule has 0 spiro atoms. The maximum atomic E-state index is 9.41. The predicted molar refractivity (Wildman–Crippen MR) is 19.2 cm³/mol. The molecular weight excluding hydrogens is 328 g/mol. The topological polar surface area (TPSA) is 80.3 Å². The Morgan fingerprint density at radius 1 is 0.900 bits per heavy atom. The monoisotopic (exact) mass is 328 g/mol. The molecule has 0 unspecified atom stereocenters. The Hall–Kier alpha value is 0.161. The fourth-order valence-corrected chi connectivity index (χ4v) is 0.136. The standard InChI is InChI=1S/C4H4O4.2Ag/c5-3(6)1-2-4(7)8;;/h1-2H,(H,5,6)(H,7,8);;/q;2*+1/p-2. The molecule has 0 heterocycles. The van der Waals surface area contributed by atoms with Crippen LogP contribution in [0.15, 0.2) is 12.2 Å². The number of hydrogen-bond acceptors (Lipinski definition) is 4. The van der Waals surface area contributed by atoms with Crippen LogP contribution in [0.4, 0.5) is 0 Å². The smallest absolute Gasteiger partial charge is 0.545 e. The summed E-state index contributed by atoms with van der Waals surface area (Å²) in [6.07, 6.45) is 0.769. The molecule has 0 aliphatic carbocycles. The minimum Gasteiger partial charge on any atom is -0.545 e. The molecule has 0 radical (unpaired) electrons. The second-order valence-corrected chi connectivity index (χ2v) is 0.971. The van der Waals surface area contributed by atoms with Gasteiger partial charge in [0.05, 0.1) is 11.9 Å². The first-order chi connectivity index (χ1) is 3.63. The Bertz CT molecular complexity index is 126. The molecule has 6 heteroatoms. The van der Waals surface area contributed by atoms with Crippen molar-refractivity contribution in [2.24, 2.45) is 0 Å². The van der Waals surface area contributed by atoms with E-state index in [1.165, 1.54) is 0 Å². The molecule has 0 amide bonds. The van der Waals surface area contributed by atoms with Crippen LogP contribution >= 0.6 is 0 Å². The van der Waals surface area contributed by atoms with Crippen LogP contribution in [0, 0.1) is 0 Å². The van der Waals surface area contributed by atoms with Crippen LogP contribution < -0.4 is 10.2 Å². The van der Waals surface area contributed by atoms with E-state index >= 15 is 0 Å². The summed E-state index contributed by atoms with van der Waals surface area (Å²) in [6, 6.07) is 0. The molecule has 0 atom stereocenters. The van der Waals surface area contributed by atoms with Crippen LogP contribution in [0.25, 0.3) is 0 Å². The molecule has 0 saturated carbocycles. The second-order valence-electron chi connectivity index (χ2n) is 0.971. The van der Waals surface area contributed by atoms with E-state index in [9.17, 15) is 19.8 Å². The number of carbonyl (C=O) groups excluding carboxylic acids is 2. The first-order valence-electron chi connectivity index (χ1n) is 1.73. The molecule has 0 saturated heterocycles. The van der Waals surface area contributed by atoms with Crippen LogP contribution in [0.3, 0.4) is 0 Å². The maximum absolute atomic E-state index is 9.41. The van der Waals surface area contributed by atoms with E-state index in [1.807, 2.05) is 0 Å². The summed E-state index contributed by atoms with van der Waals surface area (Å²) >= 11 is 0. The van der Waals surface area contributed by atoms with Gasteiger partial charge in [-0.15, -0.1) is 0 Å². The Labute approximate surface area is 88.3 Å². The van der Waals surface area contributed by atoms with Gasteiger partial charge in [-0.05, 0) is 12.2 Å². The van der Waals surface area contributed by atoms with Crippen molar-refractivity contribution in [2.45, 2.75) is 0 Å². The molecular formula is C4H2Ag2O4. The summed E-state index contributed by atoms with van der Waals surface area (Å²) in [5.41, 5.74) is 0. The van der Waals surface area contributed by atoms with Gasteiger partial charge in [0.2, 0.25) is 0 Å². The molecule has 0 aromatic carbocycles. The summed E-state index contributed by atoms with van der Waals surface area (Å²) < 4.78 is 0. The quantitative estimate of drug-likeness (QED) is 0.400. The van der Waals surface area contributed by atoms with E-state index in [4.69, 9.17) is 0 Å². The van der Waals surface area contributed by atoms with Gasteiger partial charge in [0.1, 0.15) is 0 Å². The maximum Gasteiger partial charge on any atom is 1.00 e. The number of carboxylic acid groups (broad SMARTS) is 2. The number of rotatable bonds is 2. The average molecular weight is 330 g/mol. The average Bonchev–Trinajstić information content (AvgIpc) is 1.61. The number of carboxylic acids is 2. The van der Waals surface area contributed by atoms with Crippen LogP contribution in [0.1, 0.15) is 0 Å². The molecule has 0 aromatic heterocycles. The van der Waals surface area contributed by atoms with Gasteiger partial charge in [0, 0.05) is 0 Å². The van der Waals surface area contributed by atoms with Crippen molar-refractivity contribution >= 4 is 11.9 Å². The second kappa shape index (κ2) is 9.16. The van der Waals surface area contributed by atoms with E-state index in [0.717, 1.165) is 0 Å². The SMILES string of the molecule is O=C([O-])C=CC(=O)[O-].[Ag+].[Ag+]. The van der Waals surface area contributed by atoms with Crippen molar-refractivity contribution in [3.63, 3.8) is 0 Å². The minimum atomic E-state index is -1.55. The van der Waals surface area contributed by atoms with E-state index in [0.29, 0.717) is 12.2 Å². The zero-order valence-corrected chi connectivity index (χ0v) is 7.36. The van der Waals surface area contributed by atoms with E-state index < -0.39 is 11.9 Å². The summed E-state index contributed by atoms with van der Waals surface area (Å²) in [7, 11) is 0. The Kier molecular flexibility index (Phi) is 15.2. The van der Waals surface area contributed by atoms with Crippen LogP contribution in [0.2, 0.25) is 0 Å². The Morgan fingerprint density at radius 3 is 1.20 bits per heavy atom. The van der Waals surface area contributed by atoms with Crippen molar-refractivity contribution in [1.82, 2.24) is 0 Å². The van der Waals surface area contributed by atoms with Crippen molar-refractivity contribution < 1.29 is 64.6 Å². The molecule has 4 nitrogen and oxygen atoms in total. The third kappa shape index (κ3) is 15.7. The zero-order valence-electron chi connectivity index (χ0n) is 4.39. The number of hydrogen-bond donors (Lipinski definition) is 0. The molecule has 0 fully saturated rings. The molecule has 0 aliphatic heterocycles. The van der Waals surface area contributed by atoms with Gasteiger partial charge in [-0.25, -0.2) is 0 Å². The summed E-state index contributed by atoms with van der Waals surface area (Å²) in [6.45, 7) is 0. The van der Waals surface area contributed by atoms with Gasteiger partial charge in [-0.3, -0.25) is 0 Å². The van der Waals surface area contributed by atoms with E-state index in [2.05, 4.69) is 0 Å². The number of aliphatic carboxylic acids is 2. The minimum absolute atomic E-state index is 0. The fourth-order valence-electron chi connectivity index (χ4n) is 0.136. The molecule has 10 heavy (non-hydrogen) atoms. The first kappa shape index (κ1) is 16.6.